The predicted octanol–water partition coefficient (Wildman–Crippen LogP) is -3.58. The Morgan fingerprint density at radius 3 is 2.11 bits per heavy atom. The summed E-state index contributed by atoms with van der Waals surface area (Å²) in [7, 11) is -4.85. The van der Waals surface area contributed by atoms with Crippen molar-refractivity contribution in [3.8, 4) is 0 Å². The summed E-state index contributed by atoms with van der Waals surface area (Å²) in [5, 5.41) is 9.08. The summed E-state index contributed by atoms with van der Waals surface area (Å²) < 4.78 is 0. The summed E-state index contributed by atoms with van der Waals surface area (Å²) in [6.45, 7) is -0.857. The minimum Gasteiger partial charge on any atom is -0.673 e. The van der Waals surface area contributed by atoms with Crippen molar-refractivity contribution >= 4 is 14.1 Å². The van der Waals surface area contributed by atoms with E-state index in [1.54, 1.807) is 0 Å². The summed E-state index contributed by atoms with van der Waals surface area (Å²) >= 11 is 0. The molecule has 0 fully saturated rings. The van der Waals surface area contributed by atoms with Gasteiger partial charge in [0.05, 0.1) is 0 Å². The van der Waals surface area contributed by atoms with E-state index in [-0.39, 0.29) is 0 Å². The van der Waals surface area contributed by atoms with Crippen LogP contribution in [0.4, 0.5) is 0 Å². The van der Waals surface area contributed by atoms with E-state index in [2.05, 4.69) is 0 Å². The van der Waals surface area contributed by atoms with Crippen molar-refractivity contribution in [2.24, 2.45) is 0 Å². The molecule has 2 N–H and O–H groups in total. The van der Waals surface area contributed by atoms with Crippen LogP contribution < -0.4 is 19.8 Å². The van der Waals surface area contributed by atoms with Gasteiger partial charge in [0.25, 0.3) is 0 Å². The molecule has 0 amide bonds. The van der Waals surface area contributed by atoms with E-state index in [1.165, 1.54) is 5.09 Å². The number of rotatable bonds is 3. The fourth-order valence-corrected chi connectivity index (χ4v) is 0.493. The van der Waals surface area contributed by atoms with Gasteiger partial charge in [0.2, 0.25) is 0 Å². The van der Waals surface area contributed by atoms with Crippen molar-refractivity contribution in [1.82, 2.24) is 5.09 Å². The van der Waals surface area contributed by atoms with Gasteiger partial charge in [-0.05, 0) is 0 Å². The molecule has 54 valence electrons. The Kier molecular flexibility index (Phi) is 2.96. The minimum absolute atomic E-state index is 0.857. The molecule has 0 aliphatic carbocycles. The van der Waals surface area contributed by atoms with Gasteiger partial charge >= 0.3 is 5.97 Å². The number of hydrogen-bond acceptors (Lipinski definition) is 5. The summed E-state index contributed by atoms with van der Waals surface area (Å²) in [6.07, 6.45) is 0. The van der Waals surface area contributed by atoms with E-state index < -0.39 is 20.6 Å². The van der Waals surface area contributed by atoms with E-state index in [9.17, 15) is 19.5 Å². The van der Waals surface area contributed by atoms with Crippen molar-refractivity contribution < 1.29 is 24.6 Å². The maximum atomic E-state index is 9.63. The predicted molar refractivity (Wildman–Crippen MR) is 22.6 cm³/mol. The van der Waals surface area contributed by atoms with Gasteiger partial charge in [0.15, 0.2) is 0 Å². The summed E-state index contributed by atoms with van der Waals surface area (Å²) in [5.74, 6) is -1.39. The standard InChI is InChI=1S/C2H6NO5P/c4-2(5)1-3-9(6,7)8/h1H2,(H,4,5)(H3,3,6,7,8)/p-2. The molecule has 0 aliphatic rings. The zero-order valence-corrected chi connectivity index (χ0v) is 5.13. The highest BCUT2D eigenvalue weighted by Gasteiger charge is 1.99. The lowest BCUT2D eigenvalue weighted by Crippen LogP contribution is -2.44. The second-order valence-electron chi connectivity index (χ2n) is 1.23. The molecule has 0 saturated heterocycles. The lowest BCUT2D eigenvalue weighted by atomic mass is 10.7. The van der Waals surface area contributed by atoms with Crippen LogP contribution in [0.5, 0.6) is 0 Å². The van der Waals surface area contributed by atoms with E-state index in [0.29, 0.717) is 0 Å². The SMILES string of the molecule is O=C(O)CN[P+]([O-])([O-])[O-]. The quantitative estimate of drug-likeness (QED) is 0.404. The molecule has 0 aromatic rings. The van der Waals surface area contributed by atoms with E-state index in [4.69, 9.17) is 5.11 Å². The Hall–Kier alpha value is -0.260. The van der Waals surface area contributed by atoms with Crippen LogP contribution in [0.3, 0.4) is 0 Å². The average molecular weight is 153 g/mol. The van der Waals surface area contributed by atoms with Crippen LogP contribution in [0, 0.1) is 0 Å². The second kappa shape index (κ2) is 3.05. The monoisotopic (exact) mass is 153 g/mol. The third-order valence-electron chi connectivity index (χ3n) is 0.424. The Labute approximate surface area is 51.4 Å². The molecule has 0 radical (unpaired) electrons. The molecule has 0 aliphatic heterocycles. The van der Waals surface area contributed by atoms with Crippen molar-refractivity contribution in [2.75, 3.05) is 6.54 Å². The first-order chi connectivity index (χ1) is 3.92. The van der Waals surface area contributed by atoms with Gasteiger partial charge in [-0.2, -0.15) is 5.09 Å². The highest BCUT2D eigenvalue weighted by molar-refractivity contribution is 7.52. The van der Waals surface area contributed by atoms with Crippen molar-refractivity contribution in [2.45, 2.75) is 0 Å². The molecule has 0 heterocycles. The van der Waals surface area contributed by atoms with Crippen LogP contribution in [0.15, 0.2) is 0 Å². The summed E-state index contributed by atoms with van der Waals surface area (Å²) in [6, 6.07) is 0. The van der Waals surface area contributed by atoms with Crippen LogP contribution in [0.25, 0.3) is 0 Å². The van der Waals surface area contributed by atoms with E-state index in [1.807, 2.05) is 0 Å². The fraction of sp³-hybridized carbons (Fsp3) is 0.500. The van der Waals surface area contributed by atoms with E-state index in [0.717, 1.165) is 0 Å². The second-order valence-corrected chi connectivity index (χ2v) is 2.54. The molecule has 7 heteroatoms. The maximum Gasteiger partial charge on any atom is 0.321 e. The van der Waals surface area contributed by atoms with Gasteiger partial charge < -0.3 is 19.8 Å². The van der Waals surface area contributed by atoms with Crippen LogP contribution >= 0.6 is 8.09 Å². The molecule has 0 atom stereocenters. The maximum absolute atomic E-state index is 9.63. The van der Waals surface area contributed by atoms with Gasteiger partial charge in [0.1, 0.15) is 6.54 Å². The van der Waals surface area contributed by atoms with Crippen LogP contribution in [0.1, 0.15) is 0 Å². The molecular weight excluding hydrogens is 149 g/mol. The van der Waals surface area contributed by atoms with Gasteiger partial charge in [-0.15, -0.1) is 0 Å². The largest absolute Gasteiger partial charge is 0.673 e. The highest BCUT2D eigenvalue weighted by Crippen LogP contribution is 2.18. The lowest BCUT2D eigenvalue weighted by molar-refractivity contribution is -0.432. The number of hydrogen-bond donors (Lipinski definition) is 2. The third-order valence-corrected chi connectivity index (χ3v) is 0.969. The Morgan fingerprint density at radius 2 is 2.00 bits per heavy atom. The summed E-state index contributed by atoms with van der Waals surface area (Å²) in [4.78, 5) is 38.5. The molecule has 0 spiro atoms. The number of carboxylic acids is 1. The normalized spacial score (nSPS) is 11.4. The first kappa shape index (κ1) is 8.74. The van der Waals surface area contributed by atoms with Crippen molar-refractivity contribution in [3.05, 3.63) is 0 Å². The summed E-state index contributed by atoms with van der Waals surface area (Å²) in [5.41, 5.74) is 0. The van der Waals surface area contributed by atoms with Crippen molar-refractivity contribution in [3.63, 3.8) is 0 Å². The fourth-order valence-electron chi connectivity index (χ4n) is 0.164. The van der Waals surface area contributed by atoms with E-state index >= 15 is 0 Å². The Balaban J connectivity index is 3.39. The van der Waals surface area contributed by atoms with Crippen LogP contribution in [-0.4, -0.2) is 17.6 Å². The molecular formula is C2H4NO5P-2. The van der Waals surface area contributed by atoms with Crippen molar-refractivity contribution in [1.29, 1.82) is 0 Å². The van der Waals surface area contributed by atoms with Crippen LogP contribution in [-0.2, 0) is 4.79 Å². The van der Waals surface area contributed by atoms with Gasteiger partial charge in [-0.25, -0.2) is 0 Å². The minimum atomic E-state index is -4.85. The molecule has 0 unspecified atom stereocenters. The number of aliphatic carboxylic acids is 1. The third kappa shape index (κ3) is 7.74. The number of carboxylic acid groups (broad SMARTS) is 1. The lowest BCUT2D eigenvalue weighted by Gasteiger charge is -2.40. The topological polar surface area (TPSA) is 119 Å². The number of carbonyl (C=O) groups is 1. The van der Waals surface area contributed by atoms with Crippen LogP contribution in [0.2, 0.25) is 0 Å². The number of nitrogens with one attached hydrogen (secondary N) is 1. The molecule has 0 bridgehead atoms. The van der Waals surface area contributed by atoms with Gasteiger partial charge in [-0.1, -0.05) is 8.09 Å². The highest BCUT2D eigenvalue weighted by atomic mass is 31.2. The Bertz CT molecular complexity index is 108. The first-order valence-corrected chi connectivity index (χ1v) is 3.45. The molecule has 0 aromatic heterocycles. The molecule has 0 saturated carbocycles. The zero-order valence-electron chi connectivity index (χ0n) is 4.23. The molecule has 0 aromatic carbocycles. The molecule has 9 heavy (non-hydrogen) atoms. The Morgan fingerprint density at radius 1 is 1.56 bits per heavy atom. The van der Waals surface area contributed by atoms with Gasteiger partial charge in [-0.3, -0.25) is 4.79 Å². The smallest absolute Gasteiger partial charge is 0.321 e. The molecule has 0 rings (SSSR count). The zero-order chi connectivity index (χ0) is 7.49. The molecule has 6 nitrogen and oxygen atoms in total. The van der Waals surface area contributed by atoms with Gasteiger partial charge in [0, 0.05) is 0 Å². The average Bonchev–Trinajstić information content (AvgIpc) is 1.59. The first-order valence-electron chi connectivity index (χ1n) is 1.91.